The molecule has 0 fully saturated rings. The Bertz CT molecular complexity index is 1020. The summed E-state index contributed by atoms with van der Waals surface area (Å²) in [5.74, 6) is -0.549. The number of hydrogen-bond acceptors (Lipinski definition) is 5. The molecule has 2 aromatic carbocycles. The highest BCUT2D eigenvalue weighted by Crippen LogP contribution is 2.38. The number of ether oxygens (including phenoxy) is 2. The van der Waals surface area contributed by atoms with E-state index in [0.29, 0.717) is 29.3 Å². The van der Waals surface area contributed by atoms with Gasteiger partial charge >= 0.3 is 11.8 Å². The van der Waals surface area contributed by atoms with Crippen molar-refractivity contribution in [3.05, 3.63) is 41.5 Å². The van der Waals surface area contributed by atoms with Crippen LogP contribution in [0.1, 0.15) is 17.5 Å². The molecule has 4 rings (SSSR count). The number of carbonyl (C=O) groups is 3. The van der Waals surface area contributed by atoms with Crippen molar-refractivity contribution in [2.75, 3.05) is 36.3 Å². The third-order valence-electron chi connectivity index (χ3n) is 5.11. The molecule has 8 nitrogen and oxygen atoms in total. The van der Waals surface area contributed by atoms with Crippen LogP contribution in [-0.4, -0.2) is 38.5 Å². The van der Waals surface area contributed by atoms with Gasteiger partial charge in [-0.05, 0) is 48.2 Å². The van der Waals surface area contributed by atoms with E-state index in [9.17, 15) is 14.4 Å². The van der Waals surface area contributed by atoms with Gasteiger partial charge in [0.15, 0.2) is 11.5 Å². The van der Waals surface area contributed by atoms with Crippen molar-refractivity contribution in [2.24, 2.45) is 0 Å². The summed E-state index contributed by atoms with van der Waals surface area (Å²) in [6, 6.07) is 8.44. The van der Waals surface area contributed by atoms with Gasteiger partial charge in [0.05, 0.1) is 26.3 Å². The smallest absolute Gasteiger partial charge is 0.314 e. The van der Waals surface area contributed by atoms with Crippen LogP contribution in [0.2, 0.25) is 0 Å². The third-order valence-corrected chi connectivity index (χ3v) is 5.11. The summed E-state index contributed by atoms with van der Waals surface area (Å²) < 4.78 is 10.4. The molecule has 0 spiro atoms. The molecule has 0 saturated carbocycles. The predicted molar refractivity (Wildman–Crippen MR) is 108 cm³/mol. The van der Waals surface area contributed by atoms with Gasteiger partial charge < -0.3 is 25.0 Å². The third kappa shape index (κ3) is 3.49. The second-order valence-electron chi connectivity index (χ2n) is 6.95. The lowest BCUT2D eigenvalue weighted by atomic mass is 9.99. The van der Waals surface area contributed by atoms with Gasteiger partial charge in [-0.25, -0.2) is 0 Å². The monoisotopic (exact) mass is 395 g/mol. The largest absolute Gasteiger partial charge is 0.493 e. The second-order valence-corrected chi connectivity index (χ2v) is 6.95. The fourth-order valence-electron chi connectivity index (χ4n) is 3.84. The highest BCUT2D eigenvalue weighted by molar-refractivity contribution is 6.43. The van der Waals surface area contributed by atoms with E-state index >= 15 is 0 Å². The Kier molecular flexibility index (Phi) is 4.84. The van der Waals surface area contributed by atoms with Crippen LogP contribution in [0.15, 0.2) is 30.3 Å². The van der Waals surface area contributed by atoms with Crippen LogP contribution < -0.4 is 25.0 Å². The van der Waals surface area contributed by atoms with E-state index in [1.165, 1.54) is 14.2 Å². The fraction of sp³-hybridized carbons (Fsp3) is 0.286. The number of hydrogen-bond donors (Lipinski definition) is 2. The van der Waals surface area contributed by atoms with Crippen molar-refractivity contribution in [1.82, 2.24) is 0 Å². The minimum absolute atomic E-state index is 0.0793. The second kappa shape index (κ2) is 7.46. The zero-order valence-corrected chi connectivity index (χ0v) is 16.2. The van der Waals surface area contributed by atoms with Crippen molar-refractivity contribution in [1.29, 1.82) is 0 Å². The lowest BCUT2D eigenvalue weighted by molar-refractivity contribution is -0.133. The van der Waals surface area contributed by atoms with Crippen LogP contribution in [-0.2, 0) is 27.2 Å². The molecule has 2 aliphatic rings. The van der Waals surface area contributed by atoms with E-state index in [4.69, 9.17) is 9.47 Å². The van der Waals surface area contributed by atoms with E-state index in [1.54, 1.807) is 24.3 Å². The first-order valence-corrected chi connectivity index (χ1v) is 9.30. The highest BCUT2D eigenvalue weighted by Gasteiger charge is 2.32. The molecule has 0 aliphatic carbocycles. The first-order chi connectivity index (χ1) is 14.0. The van der Waals surface area contributed by atoms with Gasteiger partial charge in [0.25, 0.3) is 0 Å². The number of anilines is 3. The lowest BCUT2D eigenvalue weighted by Gasteiger charge is -2.26. The average Bonchev–Trinajstić information content (AvgIpc) is 3.04. The quantitative estimate of drug-likeness (QED) is 0.773. The first kappa shape index (κ1) is 18.8. The molecule has 0 unspecified atom stereocenters. The van der Waals surface area contributed by atoms with Gasteiger partial charge in [-0.3, -0.25) is 14.4 Å². The Labute approximate surface area is 167 Å². The van der Waals surface area contributed by atoms with E-state index in [2.05, 4.69) is 10.6 Å². The number of rotatable bonds is 4. The summed E-state index contributed by atoms with van der Waals surface area (Å²) in [6.45, 7) is 0.734. The highest BCUT2D eigenvalue weighted by atomic mass is 16.5. The van der Waals surface area contributed by atoms with Crippen LogP contribution >= 0.6 is 0 Å². The Hall–Kier alpha value is -3.55. The summed E-state index contributed by atoms with van der Waals surface area (Å²) in [4.78, 5) is 38.7. The van der Waals surface area contributed by atoms with E-state index in [1.807, 2.05) is 11.0 Å². The summed E-state index contributed by atoms with van der Waals surface area (Å²) in [7, 11) is 3.00. The molecular weight excluding hydrogens is 374 g/mol. The molecule has 2 heterocycles. The summed E-state index contributed by atoms with van der Waals surface area (Å²) in [5.41, 5.74) is 3.81. The van der Waals surface area contributed by atoms with Crippen molar-refractivity contribution in [3.8, 4) is 11.5 Å². The van der Waals surface area contributed by atoms with Crippen molar-refractivity contribution < 1.29 is 23.9 Å². The molecule has 2 N–H and O–H groups in total. The van der Waals surface area contributed by atoms with Crippen LogP contribution in [0.4, 0.5) is 17.1 Å². The SMILES string of the molecule is COc1ccc(NC(=O)C(=O)Nc2cc3c4c(c2)CC(=O)N4CCC3)cc1OC. The number of nitrogens with zero attached hydrogens (tertiary/aromatic N) is 1. The van der Waals surface area contributed by atoms with Crippen LogP contribution in [0.3, 0.4) is 0 Å². The average molecular weight is 395 g/mol. The summed E-state index contributed by atoms with van der Waals surface area (Å²) in [6.07, 6.45) is 2.05. The maximum absolute atomic E-state index is 12.4. The molecule has 0 aromatic heterocycles. The maximum atomic E-state index is 12.4. The molecule has 0 saturated heterocycles. The molecule has 0 radical (unpaired) electrons. The zero-order valence-electron chi connectivity index (χ0n) is 16.2. The van der Waals surface area contributed by atoms with Crippen molar-refractivity contribution >= 4 is 34.8 Å². The van der Waals surface area contributed by atoms with Gasteiger partial charge in [-0.1, -0.05) is 0 Å². The maximum Gasteiger partial charge on any atom is 0.314 e. The van der Waals surface area contributed by atoms with Crippen LogP contribution in [0.25, 0.3) is 0 Å². The van der Waals surface area contributed by atoms with Gasteiger partial charge in [0, 0.05) is 24.0 Å². The Morgan fingerprint density at radius 1 is 0.931 bits per heavy atom. The minimum atomic E-state index is -0.802. The van der Waals surface area contributed by atoms with E-state index in [-0.39, 0.29) is 5.91 Å². The van der Waals surface area contributed by atoms with Crippen molar-refractivity contribution in [3.63, 3.8) is 0 Å². The topological polar surface area (TPSA) is 97.0 Å². The molecular formula is C21H21N3O5. The van der Waals surface area contributed by atoms with Crippen molar-refractivity contribution in [2.45, 2.75) is 19.3 Å². The normalized spacial score (nSPS) is 14.3. The zero-order chi connectivity index (χ0) is 20.5. The number of benzene rings is 2. The molecule has 3 amide bonds. The van der Waals surface area contributed by atoms with Gasteiger partial charge in [0.2, 0.25) is 5.91 Å². The molecule has 29 heavy (non-hydrogen) atoms. The van der Waals surface area contributed by atoms with Crippen LogP contribution in [0, 0.1) is 0 Å². The Morgan fingerprint density at radius 2 is 1.62 bits per heavy atom. The number of nitrogens with one attached hydrogen (secondary N) is 2. The number of aryl methyl sites for hydroxylation is 1. The molecule has 8 heteroatoms. The van der Waals surface area contributed by atoms with Gasteiger partial charge in [-0.15, -0.1) is 0 Å². The first-order valence-electron chi connectivity index (χ1n) is 9.30. The molecule has 150 valence electrons. The Morgan fingerprint density at radius 3 is 2.34 bits per heavy atom. The summed E-state index contributed by atoms with van der Waals surface area (Å²) in [5, 5.41) is 5.18. The van der Waals surface area contributed by atoms with Gasteiger partial charge in [-0.2, -0.15) is 0 Å². The minimum Gasteiger partial charge on any atom is -0.493 e. The standard InChI is InChI=1S/C21H21N3O5/c1-28-16-6-5-14(11-17(16)29-2)22-20(26)21(27)23-15-8-12-4-3-7-24-18(25)10-13(9-15)19(12)24/h5-6,8-9,11H,3-4,7,10H2,1-2H3,(H,22,26)(H,23,27). The summed E-state index contributed by atoms with van der Waals surface area (Å²) >= 11 is 0. The van der Waals surface area contributed by atoms with E-state index < -0.39 is 11.8 Å². The Balaban J connectivity index is 1.48. The number of carbonyl (C=O) groups excluding carboxylic acids is 3. The van der Waals surface area contributed by atoms with E-state index in [0.717, 1.165) is 36.2 Å². The molecule has 0 atom stereocenters. The molecule has 2 aliphatic heterocycles. The van der Waals surface area contributed by atoms with Gasteiger partial charge in [0.1, 0.15) is 0 Å². The number of amides is 3. The molecule has 0 bridgehead atoms. The van der Waals surface area contributed by atoms with Crippen LogP contribution in [0.5, 0.6) is 11.5 Å². The lowest BCUT2D eigenvalue weighted by Crippen LogP contribution is -2.31. The number of methoxy groups -OCH3 is 2. The predicted octanol–water partition coefficient (Wildman–Crippen LogP) is 2.12. The fourth-order valence-corrected chi connectivity index (χ4v) is 3.84. The molecule has 2 aromatic rings.